The highest BCUT2D eigenvalue weighted by molar-refractivity contribution is 5.48. The Hall–Kier alpha value is -2.20. The van der Waals surface area contributed by atoms with Crippen molar-refractivity contribution in [1.82, 2.24) is 0 Å². The van der Waals surface area contributed by atoms with E-state index in [1.165, 1.54) is 89.9 Å². The molecule has 0 saturated carbocycles. The zero-order chi connectivity index (χ0) is 24.7. The summed E-state index contributed by atoms with van der Waals surface area (Å²) in [6.07, 6.45) is 20.7. The fourth-order valence-electron chi connectivity index (χ4n) is 4.20. The maximum Gasteiger partial charge on any atom is 0.124 e. The summed E-state index contributed by atoms with van der Waals surface area (Å²) in [5, 5.41) is 18.6. The number of benzene rings is 1. The Bertz CT molecular complexity index is 656. The minimum Gasteiger partial charge on any atom is -0.493 e. The molecule has 1 aromatic rings. The molecule has 0 aliphatic rings. The molecule has 0 aliphatic heterocycles. The molecule has 1 rings (SSSR count). The van der Waals surface area contributed by atoms with Gasteiger partial charge in [-0.2, -0.15) is 10.5 Å². The predicted molar refractivity (Wildman–Crippen MR) is 141 cm³/mol. The van der Waals surface area contributed by atoms with E-state index in [2.05, 4.69) is 26.0 Å². The van der Waals surface area contributed by atoms with Gasteiger partial charge in [0, 0.05) is 11.1 Å². The van der Waals surface area contributed by atoms with Crippen LogP contribution in [0.3, 0.4) is 0 Å². The number of unbranched alkanes of at least 4 members (excludes halogenated alkanes) is 14. The van der Waals surface area contributed by atoms with Gasteiger partial charge in [0.05, 0.1) is 38.2 Å². The van der Waals surface area contributed by atoms with Crippen molar-refractivity contribution >= 4 is 0 Å². The smallest absolute Gasteiger partial charge is 0.124 e. The lowest BCUT2D eigenvalue weighted by Gasteiger charge is -2.16. The molecular weight excluding hydrogens is 420 g/mol. The van der Waals surface area contributed by atoms with Gasteiger partial charge in [-0.05, 0) is 25.0 Å². The Morgan fingerprint density at radius 3 is 1.18 bits per heavy atom. The molecule has 190 valence electrons. The molecule has 0 amide bonds. The van der Waals surface area contributed by atoms with Crippen molar-refractivity contribution in [3.63, 3.8) is 0 Å². The van der Waals surface area contributed by atoms with Crippen molar-refractivity contribution in [3.8, 4) is 23.6 Å². The summed E-state index contributed by atoms with van der Waals surface area (Å²) >= 11 is 0. The standard InChI is InChI=1S/C30H48N2O2/c1-3-5-7-9-11-13-15-17-23-33-29-25-28(20-22-32)30(26-27(29)19-21-31)34-24-18-16-14-12-10-8-6-4-2/h25-26H,3-20,23-24H2,1-2H3. The molecule has 0 aromatic heterocycles. The third-order valence-electron chi connectivity index (χ3n) is 6.29. The number of nitrogens with zero attached hydrogens (tertiary/aromatic N) is 2. The highest BCUT2D eigenvalue weighted by Gasteiger charge is 2.13. The number of hydrogen-bond acceptors (Lipinski definition) is 4. The minimum atomic E-state index is 0.285. The molecular formula is C30H48N2O2. The van der Waals surface area contributed by atoms with Crippen LogP contribution < -0.4 is 9.47 Å². The molecule has 0 atom stereocenters. The van der Waals surface area contributed by atoms with Crippen LogP contribution in [0.4, 0.5) is 0 Å². The normalized spacial score (nSPS) is 10.6. The van der Waals surface area contributed by atoms with Gasteiger partial charge in [0.15, 0.2) is 0 Å². The van der Waals surface area contributed by atoms with Gasteiger partial charge in [-0.3, -0.25) is 0 Å². The van der Waals surface area contributed by atoms with Crippen molar-refractivity contribution in [3.05, 3.63) is 23.3 Å². The molecule has 0 spiro atoms. The molecule has 4 nitrogen and oxygen atoms in total. The molecule has 0 N–H and O–H groups in total. The maximum atomic E-state index is 9.29. The van der Waals surface area contributed by atoms with Crippen molar-refractivity contribution in [1.29, 1.82) is 10.5 Å². The maximum absolute atomic E-state index is 9.29. The first-order valence-electron chi connectivity index (χ1n) is 13.9. The van der Waals surface area contributed by atoms with Crippen LogP contribution >= 0.6 is 0 Å². The molecule has 0 fully saturated rings. The average Bonchev–Trinajstić information content (AvgIpc) is 2.84. The van der Waals surface area contributed by atoms with E-state index in [1.54, 1.807) is 0 Å². The predicted octanol–water partition coefficient (Wildman–Crippen LogP) is 8.86. The van der Waals surface area contributed by atoms with Crippen LogP contribution in [0.15, 0.2) is 12.1 Å². The molecule has 0 bridgehead atoms. The summed E-state index contributed by atoms with van der Waals surface area (Å²) in [5.74, 6) is 1.46. The van der Waals surface area contributed by atoms with E-state index >= 15 is 0 Å². The highest BCUT2D eigenvalue weighted by atomic mass is 16.5. The Balaban J connectivity index is 2.49. The van der Waals surface area contributed by atoms with Crippen molar-refractivity contribution in [2.75, 3.05) is 13.2 Å². The van der Waals surface area contributed by atoms with Gasteiger partial charge in [0.25, 0.3) is 0 Å². The van der Waals surface area contributed by atoms with E-state index < -0.39 is 0 Å². The minimum absolute atomic E-state index is 0.285. The van der Waals surface area contributed by atoms with Gasteiger partial charge in [0.1, 0.15) is 11.5 Å². The Kier molecular flexibility index (Phi) is 18.7. The van der Waals surface area contributed by atoms with E-state index in [9.17, 15) is 10.5 Å². The van der Waals surface area contributed by atoms with E-state index in [-0.39, 0.29) is 12.8 Å². The van der Waals surface area contributed by atoms with Crippen LogP contribution in [0, 0.1) is 22.7 Å². The monoisotopic (exact) mass is 468 g/mol. The Labute approximate surface area is 209 Å². The largest absolute Gasteiger partial charge is 0.493 e. The number of rotatable bonds is 22. The average molecular weight is 469 g/mol. The Morgan fingerprint density at radius 1 is 0.529 bits per heavy atom. The van der Waals surface area contributed by atoms with Crippen LogP contribution in [-0.2, 0) is 12.8 Å². The molecule has 0 unspecified atom stereocenters. The van der Waals surface area contributed by atoms with E-state index in [0.717, 1.165) is 35.5 Å². The quantitative estimate of drug-likeness (QED) is 0.159. The summed E-state index contributed by atoms with van der Waals surface area (Å²) in [6.45, 7) is 5.79. The van der Waals surface area contributed by atoms with Crippen LogP contribution in [0.25, 0.3) is 0 Å². The third-order valence-corrected chi connectivity index (χ3v) is 6.29. The second-order valence-electron chi connectivity index (χ2n) is 9.38. The second kappa shape index (κ2) is 21.3. The first-order chi connectivity index (χ1) is 16.8. The molecule has 0 radical (unpaired) electrons. The summed E-state index contributed by atoms with van der Waals surface area (Å²) in [4.78, 5) is 0. The van der Waals surface area contributed by atoms with E-state index in [4.69, 9.17) is 9.47 Å². The summed E-state index contributed by atoms with van der Waals surface area (Å²) < 4.78 is 12.1. The molecule has 0 aliphatic carbocycles. The van der Waals surface area contributed by atoms with Crippen LogP contribution in [0.5, 0.6) is 11.5 Å². The molecule has 4 heteroatoms. The summed E-state index contributed by atoms with van der Waals surface area (Å²) in [6, 6.07) is 8.33. The van der Waals surface area contributed by atoms with Gasteiger partial charge in [-0.25, -0.2) is 0 Å². The van der Waals surface area contributed by atoms with Crippen LogP contribution in [0.2, 0.25) is 0 Å². The van der Waals surface area contributed by atoms with Crippen molar-refractivity contribution in [2.45, 2.75) is 129 Å². The molecule has 34 heavy (non-hydrogen) atoms. The van der Waals surface area contributed by atoms with E-state index in [1.807, 2.05) is 12.1 Å². The zero-order valence-corrected chi connectivity index (χ0v) is 22.0. The fourth-order valence-corrected chi connectivity index (χ4v) is 4.20. The molecule has 0 saturated heterocycles. The van der Waals surface area contributed by atoms with Gasteiger partial charge < -0.3 is 9.47 Å². The Morgan fingerprint density at radius 2 is 0.853 bits per heavy atom. The summed E-state index contributed by atoms with van der Waals surface area (Å²) in [5.41, 5.74) is 1.71. The number of ether oxygens (including phenoxy) is 2. The van der Waals surface area contributed by atoms with Crippen molar-refractivity contribution in [2.24, 2.45) is 0 Å². The van der Waals surface area contributed by atoms with Crippen molar-refractivity contribution < 1.29 is 9.47 Å². The topological polar surface area (TPSA) is 66.0 Å². The number of nitriles is 2. The fraction of sp³-hybridized carbons (Fsp3) is 0.733. The first-order valence-corrected chi connectivity index (χ1v) is 13.9. The second-order valence-corrected chi connectivity index (χ2v) is 9.38. The van der Waals surface area contributed by atoms with E-state index in [0.29, 0.717) is 13.2 Å². The highest BCUT2D eigenvalue weighted by Crippen LogP contribution is 2.30. The van der Waals surface area contributed by atoms with Gasteiger partial charge in [0.2, 0.25) is 0 Å². The molecule has 0 heterocycles. The SMILES string of the molecule is CCCCCCCCCCOc1cc(CC#N)c(OCCCCCCCCCC)cc1CC#N. The lowest BCUT2D eigenvalue weighted by molar-refractivity contribution is 0.292. The lowest BCUT2D eigenvalue weighted by Crippen LogP contribution is -2.05. The number of hydrogen-bond donors (Lipinski definition) is 0. The summed E-state index contributed by atoms with van der Waals surface area (Å²) in [7, 11) is 0. The third kappa shape index (κ3) is 14.1. The van der Waals surface area contributed by atoms with Crippen LogP contribution in [0.1, 0.15) is 128 Å². The van der Waals surface area contributed by atoms with Gasteiger partial charge in [-0.15, -0.1) is 0 Å². The molecule has 1 aromatic carbocycles. The first kappa shape index (κ1) is 29.8. The lowest BCUT2D eigenvalue weighted by atomic mass is 10.0. The van der Waals surface area contributed by atoms with Gasteiger partial charge >= 0.3 is 0 Å². The van der Waals surface area contributed by atoms with Gasteiger partial charge in [-0.1, -0.05) is 104 Å². The zero-order valence-electron chi connectivity index (χ0n) is 22.0. The van der Waals surface area contributed by atoms with Crippen LogP contribution in [-0.4, -0.2) is 13.2 Å².